The summed E-state index contributed by atoms with van der Waals surface area (Å²) >= 11 is 0. The van der Waals surface area contributed by atoms with Crippen LogP contribution in [-0.4, -0.2) is 9.97 Å². The van der Waals surface area contributed by atoms with E-state index in [2.05, 4.69) is 47.3 Å². The average molecular weight is 201 g/mol. The Bertz CT molecular complexity index is 412. The molecule has 2 rings (SSSR count). The Morgan fingerprint density at radius 3 is 2.60 bits per heavy atom. The van der Waals surface area contributed by atoms with Crippen LogP contribution in [0.1, 0.15) is 17.0 Å². The summed E-state index contributed by atoms with van der Waals surface area (Å²) in [5.74, 6) is 0.956. The van der Waals surface area contributed by atoms with Crippen molar-refractivity contribution < 1.29 is 0 Å². The van der Waals surface area contributed by atoms with E-state index in [9.17, 15) is 0 Å². The minimum Gasteiger partial charge on any atom is -0.377 e. The summed E-state index contributed by atoms with van der Waals surface area (Å²) in [6.45, 7) is 4.95. The summed E-state index contributed by atoms with van der Waals surface area (Å²) in [6.07, 6.45) is 3.60. The van der Waals surface area contributed by atoms with Crippen molar-refractivity contribution in [2.24, 2.45) is 0 Å². The largest absolute Gasteiger partial charge is 0.377 e. The lowest BCUT2D eigenvalue weighted by molar-refractivity contribution is 0.994. The quantitative estimate of drug-likeness (QED) is 0.801. The summed E-state index contributed by atoms with van der Waals surface area (Å²) in [5.41, 5.74) is 3.73. The van der Waals surface area contributed by atoms with E-state index in [0.29, 0.717) is 0 Å². The summed E-state index contributed by atoms with van der Waals surface area (Å²) in [7, 11) is 0. The van der Waals surface area contributed by atoms with Gasteiger partial charge in [0, 0.05) is 18.1 Å². The number of hydrogen-bond donors (Lipinski definition) is 2. The lowest BCUT2D eigenvalue weighted by Gasteiger charge is -2.11. The molecule has 1 heterocycles. The second-order valence-electron chi connectivity index (χ2n) is 3.66. The van der Waals surface area contributed by atoms with Gasteiger partial charge >= 0.3 is 0 Å². The van der Waals surface area contributed by atoms with Gasteiger partial charge in [-0.05, 0) is 25.0 Å². The van der Waals surface area contributed by atoms with Crippen LogP contribution in [0.2, 0.25) is 0 Å². The van der Waals surface area contributed by atoms with Crippen LogP contribution >= 0.6 is 0 Å². The Balaban J connectivity index is 2.11. The summed E-state index contributed by atoms with van der Waals surface area (Å²) in [4.78, 5) is 7.25. The van der Waals surface area contributed by atoms with Gasteiger partial charge in [-0.1, -0.05) is 18.2 Å². The highest BCUT2D eigenvalue weighted by atomic mass is 15.0. The number of imidazole rings is 1. The second-order valence-corrected chi connectivity index (χ2v) is 3.66. The molecule has 78 valence electrons. The van der Waals surface area contributed by atoms with Crippen LogP contribution in [-0.2, 0) is 6.54 Å². The van der Waals surface area contributed by atoms with Crippen molar-refractivity contribution in [3.8, 4) is 0 Å². The van der Waals surface area contributed by atoms with Crippen LogP contribution in [0.15, 0.2) is 30.6 Å². The van der Waals surface area contributed by atoms with Crippen molar-refractivity contribution >= 4 is 5.69 Å². The maximum Gasteiger partial charge on any atom is 0.125 e. The maximum absolute atomic E-state index is 4.17. The lowest BCUT2D eigenvalue weighted by Crippen LogP contribution is -2.04. The van der Waals surface area contributed by atoms with Crippen LogP contribution in [0.3, 0.4) is 0 Å². The highest BCUT2D eigenvalue weighted by Crippen LogP contribution is 2.19. The van der Waals surface area contributed by atoms with Gasteiger partial charge in [-0.25, -0.2) is 4.98 Å². The van der Waals surface area contributed by atoms with Crippen molar-refractivity contribution in [3.63, 3.8) is 0 Å². The number of benzene rings is 1. The van der Waals surface area contributed by atoms with E-state index in [-0.39, 0.29) is 0 Å². The molecule has 0 aliphatic carbocycles. The fourth-order valence-corrected chi connectivity index (χ4v) is 1.66. The van der Waals surface area contributed by atoms with Crippen LogP contribution in [0.5, 0.6) is 0 Å². The van der Waals surface area contributed by atoms with Crippen molar-refractivity contribution in [2.45, 2.75) is 20.4 Å². The smallest absolute Gasteiger partial charge is 0.125 e. The van der Waals surface area contributed by atoms with Gasteiger partial charge in [0.2, 0.25) is 0 Å². The molecule has 0 bridgehead atoms. The van der Waals surface area contributed by atoms with E-state index in [0.717, 1.165) is 12.4 Å². The van der Waals surface area contributed by atoms with Gasteiger partial charge in [-0.15, -0.1) is 0 Å². The number of H-pyrrole nitrogens is 1. The Kier molecular flexibility index (Phi) is 2.72. The Hall–Kier alpha value is -1.77. The molecule has 2 aromatic rings. The first-order chi connectivity index (χ1) is 7.27. The van der Waals surface area contributed by atoms with E-state index in [1.807, 2.05) is 6.20 Å². The molecule has 2 N–H and O–H groups in total. The average Bonchev–Trinajstić information content (AvgIpc) is 2.70. The number of para-hydroxylation sites is 1. The zero-order valence-electron chi connectivity index (χ0n) is 9.04. The highest BCUT2D eigenvalue weighted by molar-refractivity contribution is 5.56. The van der Waals surface area contributed by atoms with E-state index in [1.54, 1.807) is 6.20 Å². The summed E-state index contributed by atoms with van der Waals surface area (Å²) in [6, 6.07) is 6.29. The first-order valence-corrected chi connectivity index (χ1v) is 5.05. The van der Waals surface area contributed by atoms with E-state index < -0.39 is 0 Å². The molecule has 0 radical (unpaired) electrons. The predicted octanol–water partition coefficient (Wildman–Crippen LogP) is 2.64. The fourth-order valence-electron chi connectivity index (χ4n) is 1.66. The minimum atomic E-state index is 0.735. The third-order valence-electron chi connectivity index (χ3n) is 2.47. The second kappa shape index (κ2) is 4.17. The molecule has 3 heteroatoms. The number of nitrogens with one attached hydrogen (secondary N) is 2. The topological polar surface area (TPSA) is 40.7 Å². The van der Waals surface area contributed by atoms with E-state index in [4.69, 9.17) is 0 Å². The summed E-state index contributed by atoms with van der Waals surface area (Å²) in [5, 5.41) is 3.39. The molecular formula is C12H15N3. The standard InChI is InChI=1S/C12H15N3/c1-9-4-3-5-10(2)12(9)15-8-11-13-6-7-14-11/h3-7,15H,8H2,1-2H3,(H,13,14). The Morgan fingerprint density at radius 2 is 2.00 bits per heavy atom. The molecule has 1 aromatic carbocycles. The maximum atomic E-state index is 4.17. The third-order valence-corrected chi connectivity index (χ3v) is 2.47. The number of aryl methyl sites for hydroxylation is 2. The van der Waals surface area contributed by atoms with Crippen molar-refractivity contribution in [1.82, 2.24) is 9.97 Å². The van der Waals surface area contributed by atoms with E-state index in [1.165, 1.54) is 16.8 Å². The fraction of sp³-hybridized carbons (Fsp3) is 0.250. The molecule has 3 nitrogen and oxygen atoms in total. The van der Waals surface area contributed by atoms with Gasteiger partial charge in [0.1, 0.15) is 5.82 Å². The van der Waals surface area contributed by atoms with Gasteiger partial charge in [-0.2, -0.15) is 0 Å². The molecular weight excluding hydrogens is 186 g/mol. The van der Waals surface area contributed by atoms with Gasteiger partial charge in [0.15, 0.2) is 0 Å². The molecule has 0 spiro atoms. The van der Waals surface area contributed by atoms with Gasteiger partial charge in [0.25, 0.3) is 0 Å². The number of rotatable bonds is 3. The van der Waals surface area contributed by atoms with Crippen LogP contribution < -0.4 is 5.32 Å². The Morgan fingerprint density at radius 1 is 1.27 bits per heavy atom. The Labute approximate surface area is 89.6 Å². The number of aromatic amines is 1. The zero-order chi connectivity index (χ0) is 10.7. The molecule has 15 heavy (non-hydrogen) atoms. The van der Waals surface area contributed by atoms with Gasteiger partial charge in [-0.3, -0.25) is 0 Å². The minimum absolute atomic E-state index is 0.735. The number of nitrogens with zero attached hydrogens (tertiary/aromatic N) is 1. The van der Waals surface area contributed by atoms with Crippen molar-refractivity contribution in [2.75, 3.05) is 5.32 Å². The molecule has 0 aliphatic heterocycles. The lowest BCUT2D eigenvalue weighted by atomic mass is 10.1. The van der Waals surface area contributed by atoms with Crippen LogP contribution in [0, 0.1) is 13.8 Å². The van der Waals surface area contributed by atoms with Gasteiger partial charge in [0.05, 0.1) is 6.54 Å². The van der Waals surface area contributed by atoms with Crippen molar-refractivity contribution in [3.05, 3.63) is 47.5 Å². The predicted molar refractivity (Wildman–Crippen MR) is 61.8 cm³/mol. The monoisotopic (exact) mass is 201 g/mol. The highest BCUT2D eigenvalue weighted by Gasteiger charge is 2.01. The molecule has 0 aliphatic rings. The molecule has 1 aromatic heterocycles. The summed E-state index contributed by atoms with van der Waals surface area (Å²) < 4.78 is 0. The van der Waals surface area contributed by atoms with Gasteiger partial charge < -0.3 is 10.3 Å². The molecule has 0 saturated heterocycles. The molecule has 0 amide bonds. The molecule has 0 saturated carbocycles. The SMILES string of the molecule is Cc1cccc(C)c1NCc1ncc[nH]1. The first kappa shape index (κ1) is 9.77. The number of aromatic nitrogens is 2. The van der Waals surface area contributed by atoms with Crippen molar-refractivity contribution in [1.29, 1.82) is 0 Å². The number of hydrogen-bond acceptors (Lipinski definition) is 2. The third kappa shape index (κ3) is 2.18. The molecule has 0 atom stereocenters. The number of anilines is 1. The molecule has 0 unspecified atom stereocenters. The zero-order valence-corrected chi connectivity index (χ0v) is 9.04. The van der Waals surface area contributed by atoms with Crippen LogP contribution in [0.4, 0.5) is 5.69 Å². The van der Waals surface area contributed by atoms with Crippen LogP contribution in [0.25, 0.3) is 0 Å². The first-order valence-electron chi connectivity index (χ1n) is 5.05. The molecule has 0 fully saturated rings. The van der Waals surface area contributed by atoms with E-state index >= 15 is 0 Å². The normalized spacial score (nSPS) is 10.3.